The van der Waals surface area contributed by atoms with Gasteiger partial charge in [0.05, 0.1) is 5.71 Å². The lowest BCUT2D eigenvalue weighted by Gasteiger charge is -2.26. The molecule has 2 heterocycles. The van der Waals surface area contributed by atoms with Crippen LogP contribution in [0.5, 0.6) is 0 Å². The maximum Gasteiger partial charge on any atom is 0.243 e. The Morgan fingerprint density at radius 1 is 1.11 bits per heavy atom. The number of rotatable bonds is 7. The number of carbonyl (C=O) groups excluding carboxylic acids is 2. The molecule has 0 aromatic heterocycles. The molecule has 0 radical (unpaired) electrons. The van der Waals surface area contributed by atoms with E-state index < -0.39 is 0 Å². The number of hydrazone groups is 1. The van der Waals surface area contributed by atoms with Crippen molar-refractivity contribution in [2.45, 2.75) is 38.5 Å². The quantitative estimate of drug-likeness (QED) is 0.728. The third-order valence-corrected chi connectivity index (χ3v) is 5.25. The van der Waals surface area contributed by atoms with E-state index in [1.807, 2.05) is 12.1 Å². The molecule has 3 rings (SSSR count). The minimum atomic E-state index is -0.164. The van der Waals surface area contributed by atoms with Crippen molar-refractivity contribution in [1.82, 2.24) is 15.2 Å². The minimum Gasteiger partial charge on any atom is -0.354 e. The van der Waals surface area contributed by atoms with Crippen LogP contribution in [0.25, 0.3) is 0 Å². The van der Waals surface area contributed by atoms with Gasteiger partial charge >= 0.3 is 0 Å². The number of hydrogen-bond donors (Lipinski definition) is 1. The second-order valence-corrected chi connectivity index (χ2v) is 7.55. The van der Waals surface area contributed by atoms with E-state index in [9.17, 15) is 9.59 Å². The van der Waals surface area contributed by atoms with E-state index in [1.54, 1.807) is 12.1 Å². The van der Waals surface area contributed by atoms with Gasteiger partial charge in [-0.15, -0.1) is 0 Å². The Kier molecular flexibility index (Phi) is 7.24. The first kappa shape index (κ1) is 19.8. The van der Waals surface area contributed by atoms with Crippen LogP contribution in [-0.4, -0.2) is 60.2 Å². The Morgan fingerprint density at radius 2 is 1.85 bits per heavy atom. The molecule has 2 amide bonds. The van der Waals surface area contributed by atoms with Gasteiger partial charge in [-0.05, 0) is 56.6 Å². The molecule has 1 fully saturated rings. The normalized spacial score (nSPS) is 18.3. The van der Waals surface area contributed by atoms with Gasteiger partial charge in [0, 0.05) is 24.4 Å². The zero-order chi connectivity index (χ0) is 19.1. The van der Waals surface area contributed by atoms with Crippen LogP contribution in [0.15, 0.2) is 29.4 Å². The largest absolute Gasteiger partial charge is 0.354 e. The number of piperidine rings is 1. The summed E-state index contributed by atoms with van der Waals surface area (Å²) in [6, 6.07) is 7.37. The maximum absolute atomic E-state index is 12.2. The molecule has 0 aliphatic carbocycles. The van der Waals surface area contributed by atoms with Gasteiger partial charge in [0.25, 0.3) is 0 Å². The fraction of sp³-hybridized carbons (Fsp3) is 0.550. The Balaban J connectivity index is 1.46. The van der Waals surface area contributed by atoms with Crippen LogP contribution >= 0.6 is 11.6 Å². The SMILES string of the molecule is O=C(CN1N=C(c2ccc(Cl)cc2)CCC1=O)NCCCN1CCCCC1. The fourth-order valence-electron chi connectivity index (χ4n) is 3.48. The number of carbonyl (C=O) groups is 2. The molecule has 0 atom stereocenters. The molecular weight excluding hydrogens is 364 g/mol. The van der Waals surface area contributed by atoms with E-state index in [0.29, 0.717) is 24.4 Å². The van der Waals surface area contributed by atoms with E-state index in [0.717, 1.165) is 24.2 Å². The van der Waals surface area contributed by atoms with Crippen molar-refractivity contribution in [2.24, 2.45) is 5.10 Å². The first-order chi connectivity index (χ1) is 13.1. The van der Waals surface area contributed by atoms with Gasteiger partial charge in [0.1, 0.15) is 6.54 Å². The van der Waals surface area contributed by atoms with Crippen molar-refractivity contribution in [1.29, 1.82) is 0 Å². The molecule has 0 saturated carbocycles. The Morgan fingerprint density at radius 3 is 2.59 bits per heavy atom. The highest BCUT2D eigenvalue weighted by molar-refractivity contribution is 6.30. The van der Waals surface area contributed by atoms with Gasteiger partial charge in [-0.3, -0.25) is 9.59 Å². The van der Waals surface area contributed by atoms with Crippen molar-refractivity contribution in [3.63, 3.8) is 0 Å². The lowest BCUT2D eigenvalue weighted by Crippen LogP contribution is -2.41. The molecule has 1 aromatic carbocycles. The van der Waals surface area contributed by atoms with Crippen LogP contribution in [0.1, 0.15) is 44.1 Å². The van der Waals surface area contributed by atoms with Crippen LogP contribution in [-0.2, 0) is 9.59 Å². The molecule has 0 bridgehead atoms. The average molecular weight is 391 g/mol. The molecule has 6 nitrogen and oxygen atoms in total. The maximum atomic E-state index is 12.2. The highest BCUT2D eigenvalue weighted by Crippen LogP contribution is 2.17. The Bertz CT molecular complexity index is 684. The fourth-order valence-corrected chi connectivity index (χ4v) is 3.61. The summed E-state index contributed by atoms with van der Waals surface area (Å²) in [5.74, 6) is -0.278. The van der Waals surface area contributed by atoms with E-state index in [1.165, 1.54) is 37.4 Å². The number of nitrogens with one attached hydrogen (secondary N) is 1. The van der Waals surface area contributed by atoms with E-state index >= 15 is 0 Å². The van der Waals surface area contributed by atoms with Crippen molar-refractivity contribution in [3.8, 4) is 0 Å². The summed E-state index contributed by atoms with van der Waals surface area (Å²) in [5, 5.41) is 9.24. The molecule has 2 aliphatic heterocycles. The van der Waals surface area contributed by atoms with Gasteiger partial charge in [0.15, 0.2) is 0 Å². The first-order valence-electron chi connectivity index (χ1n) is 9.74. The van der Waals surface area contributed by atoms with E-state index in [-0.39, 0.29) is 18.4 Å². The summed E-state index contributed by atoms with van der Waals surface area (Å²) in [4.78, 5) is 26.7. The number of halogens is 1. The highest BCUT2D eigenvalue weighted by atomic mass is 35.5. The van der Waals surface area contributed by atoms with Crippen molar-refractivity contribution in [3.05, 3.63) is 34.9 Å². The summed E-state index contributed by atoms with van der Waals surface area (Å²) in [6.45, 7) is 3.95. The Hall–Kier alpha value is -1.92. The molecule has 2 aliphatic rings. The van der Waals surface area contributed by atoms with Gasteiger partial charge < -0.3 is 10.2 Å². The second-order valence-electron chi connectivity index (χ2n) is 7.11. The monoisotopic (exact) mass is 390 g/mol. The Labute approximate surface area is 165 Å². The number of likely N-dealkylation sites (tertiary alicyclic amines) is 1. The van der Waals surface area contributed by atoms with Crippen LogP contribution < -0.4 is 5.32 Å². The van der Waals surface area contributed by atoms with Crippen LogP contribution in [0.2, 0.25) is 5.02 Å². The van der Waals surface area contributed by atoms with Gasteiger partial charge in [-0.25, -0.2) is 5.01 Å². The van der Waals surface area contributed by atoms with Crippen molar-refractivity contribution < 1.29 is 9.59 Å². The number of amides is 2. The van der Waals surface area contributed by atoms with E-state index in [4.69, 9.17) is 11.6 Å². The predicted molar refractivity (Wildman–Crippen MR) is 107 cm³/mol. The molecule has 27 heavy (non-hydrogen) atoms. The lowest BCUT2D eigenvalue weighted by molar-refractivity contribution is -0.136. The summed E-state index contributed by atoms with van der Waals surface area (Å²) >= 11 is 5.92. The van der Waals surface area contributed by atoms with Gasteiger partial charge in [0.2, 0.25) is 11.8 Å². The molecule has 146 valence electrons. The molecule has 0 unspecified atom stereocenters. The number of nitrogens with zero attached hydrogens (tertiary/aromatic N) is 3. The minimum absolute atomic E-state index is 0.0281. The smallest absolute Gasteiger partial charge is 0.243 e. The highest BCUT2D eigenvalue weighted by Gasteiger charge is 2.23. The van der Waals surface area contributed by atoms with Crippen molar-refractivity contribution >= 4 is 29.1 Å². The van der Waals surface area contributed by atoms with Crippen LogP contribution in [0.4, 0.5) is 0 Å². The third-order valence-electron chi connectivity index (χ3n) is 5.00. The van der Waals surface area contributed by atoms with E-state index in [2.05, 4.69) is 15.3 Å². The summed E-state index contributed by atoms with van der Waals surface area (Å²) in [5.41, 5.74) is 1.74. The molecule has 1 saturated heterocycles. The lowest BCUT2D eigenvalue weighted by atomic mass is 10.0. The third kappa shape index (κ3) is 6.04. The van der Waals surface area contributed by atoms with Crippen LogP contribution in [0, 0.1) is 0 Å². The van der Waals surface area contributed by atoms with Gasteiger partial charge in [-0.1, -0.05) is 30.2 Å². The van der Waals surface area contributed by atoms with Crippen molar-refractivity contribution in [2.75, 3.05) is 32.7 Å². The van der Waals surface area contributed by atoms with Crippen LogP contribution in [0.3, 0.4) is 0 Å². The first-order valence-corrected chi connectivity index (χ1v) is 10.1. The molecule has 1 N–H and O–H groups in total. The summed E-state index contributed by atoms with van der Waals surface area (Å²) in [6.07, 6.45) is 5.75. The van der Waals surface area contributed by atoms with Gasteiger partial charge in [-0.2, -0.15) is 5.10 Å². The molecule has 7 heteroatoms. The summed E-state index contributed by atoms with van der Waals surface area (Å²) < 4.78 is 0. The zero-order valence-electron chi connectivity index (χ0n) is 15.6. The zero-order valence-corrected chi connectivity index (χ0v) is 16.4. The number of hydrogen-bond acceptors (Lipinski definition) is 4. The second kappa shape index (κ2) is 9.85. The predicted octanol–water partition coefficient (Wildman–Crippen LogP) is 2.66. The summed E-state index contributed by atoms with van der Waals surface area (Å²) in [7, 11) is 0. The standard InChI is InChI=1S/C20H27ClN4O2/c21-17-7-5-16(6-8-17)18-9-10-20(27)25(23-18)15-19(26)22-11-4-14-24-12-2-1-3-13-24/h5-8H,1-4,9-15H2,(H,22,26). The average Bonchev–Trinajstić information content (AvgIpc) is 2.68. The molecule has 0 spiro atoms. The topological polar surface area (TPSA) is 65.0 Å². The molecule has 1 aromatic rings. The molecular formula is C20H27ClN4O2. The number of benzene rings is 1.